The number of carbonyl (C=O) groups excluding carboxylic acids is 1. The second-order valence-corrected chi connectivity index (χ2v) is 6.81. The Labute approximate surface area is 177 Å². The zero-order chi connectivity index (χ0) is 22.4. The van der Waals surface area contributed by atoms with Crippen molar-refractivity contribution in [3.8, 4) is 17.6 Å². The third kappa shape index (κ3) is 6.06. The third-order valence-corrected chi connectivity index (χ3v) is 4.47. The maximum Gasteiger partial charge on any atom is 0.416 e. The molecule has 0 atom stereocenters. The average molecular weight is 425 g/mol. The van der Waals surface area contributed by atoms with E-state index in [9.17, 15) is 18.0 Å². The van der Waals surface area contributed by atoms with Crippen LogP contribution >= 0.6 is 0 Å². The van der Waals surface area contributed by atoms with E-state index in [0.717, 1.165) is 11.6 Å². The van der Waals surface area contributed by atoms with E-state index in [-0.39, 0.29) is 29.3 Å². The summed E-state index contributed by atoms with van der Waals surface area (Å²) < 4.78 is 44.7. The molecule has 0 bridgehead atoms. The summed E-state index contributed by atoms with van der Waals surface area (Å²) in [4.78, 5) is 16.0. The Morgan fingerprint density at radius 3 is 2.52 bits per heavy atom. The molecule has 2 aromatic carbocycles. The van der Waals surface area contributed by atoms with Crippen molar-refractivity contribution >= 4 is 11.6 Å². The summed E-state index contributed by atoms with van der Waals surface area (Å²) in [6, 6.07) is 15.9. The number of ether oxygens (including phenoxy) is 1. The first-order valence-electron chi connectivity index (χ1n) is 9.35. The number of alkyl halides is 3. The van der Waals surface area contributed by atoms with E-state index in [0.29, 0.717) is 17.9 Å². The molecule has 158 valence electrons. The second kappa shape index (κ2) is 9.30. The van der Waals surface area contributed by atoms with Gasteiger partial charge in [0.1, 0.15) is 23.3 Å². The number of aryl methyl sites for hydroxylation is 2. The minimum Gasteiger partial charge on any atom is -0.457 e. The van der Waals surface area contributed by atoms with E-state index in [4.69, 9.17) is 10.00 Å². The second-order valence-electron chi connectivity index (χ2n) is 6.81. The van der Waals surface area contributed by atoms with Crippen molar-refractivity contribution in [2.45, 2.75) is 25.9 Å². The van der Waals surface area contributed by atoms with Crippen LogP contribution in [-0.2, 0) is 17.4 Å². The molecule has 0 aliphatic heterocycles. The van der Waals surface area contributed by atoms with Crippen LogP contribution in [0.2, 0.25) is 0 Å². The van der Waals surface area contributed by atoms with Gasteiger partial charge in [0, 0.05) is 24.4 Å². The van der Waals surface area contributed by atoms with Crippen LogP contribution in [-0.4, -0.2) is 10.9 Å². The maximum absolute atomic E-state index is 13.0. The fourth-order valence-corrected chi connectivity index (χ4v) is 2.88. The van der Waals surface area contributed by atoms with Gasteiger partial charge >= 0.3 is 6.18 Å². The largest absolute Gasteiger partial charge is 0.457 e. The summed E-state index contributed by atoms with van der Waals surface area (Å²) in [6.07, 6.45) is -2.46. The highest BCUT2D eigenvalue weighted by Crippen LogP contribution is 2.33. The van der Waals surface area contributed by atoms with Crippen molar-refractivity contribution < 1.29 is 22.7 Å². The average Bonchev–Trinajstić information content (AvgIpc) is 2.74. The van der Waals surface area contributed by atoms with E-state index in [1.54, 1.807) is 30.3 Å². The number of benzene rings is 2. The van der Waals surface area contributed by atoms with Crippen molar-refractivity contribution in [3.05, 3.63) is 83.2 Å². The van der Waals surface area contributed by atoms with Crippen LogP contribution in [0.3, 0.4) is 0 Å². The first-order valence-corrected chi connectivity index (χ1v) is 9.35. The van der Waals surface area contributed by atoms with Gasteiger partial charge in [0.15, 0.2) is 0 Å². The Balaban J connectivity index is 1.55. The van der Waals surface area contributed by atoms with E-state index in [2.05, 4.69) is 10.3 Å². The molecule has 0 spiro atoms. The van der Waals surface area contributed by atoms with E-state index < -0.39 is 11.7 Å². The quantitative estimate of drug-likeness (QED) is 0.554. The van der Waals surface area contributed by atoms with Gasteiger partial charge in [-0.15, -0.1) is 0 Å². The van der Waals surface area contributed by atoms with Gasteiger partial charge < -0.3 is 10.1 Å². The molecule has 1 amide bonds. The first kappa shape index (κ1) is 21.8. The molecular weight excluding hydrogens is 407 g/mol. The van der Waals surface area contributed by atoms with Crippen LogP contribution in [0.25, 0.3) is 0 Å². The predicted octanol–water partition coefficient (Wildman–Crippen LogP) is 5.64. The molecule has 0 saturated carbocycles. The van der Waals surface area contributed by atoms with E-state index in [1.807, 2.05) is 6.07 Å². The Morgan fingerprint density at radius 1 is 1.10 bits per heavy atom. The zero-order valence-electron chi connectivity index (χ0n) is 16.5. The van der Waals surface area contributed by atoms with Crippen molar-refractivity contribution in [2.75, 3.05) is 5.32 Å². The standard InChI is InChI=1S/C23H18F3N3O2/c1-15-2-6-17(13-21(15)23(24,25)26)29-22(30)9-5-16-3-7-19(8-4-16)31-20-10-11-28-18(12-20)14-27/h2-4,6-8,10-13H,5,9H2,1H3,(H,29,30). The number of amides is 1. The van der Waals surface area contributed by atoms with Crippen molar-refractivity contribution in [2.24, 2.45) is 0 Å². The molecule has 8 heteroatoms. The number of anilines is 1. The fourth-order valence-electron chi connectivity index (χ4n) is 2.88. The molecule has 1 heterocycles. The number of rotatable bonds is 6. The van der Waals surface area contributed by atoms with Gasteiger partial charge in [0.2, 0.25) is 5.91 Å². The third-order valence-electron chi connectivity index (χ3n) is 4.47. The summed E-state index contributed by atoms with van der Waals surface area (Å²) in [5.41, 5.74) is 0.562. The number of halogens is 3. The number of aromatic nitrogens is 1. The molecule has 0 unspecified atom stereocenters. The van der Waals surface area contributed by atoms with Crippen molar-refractivity contribution in [1.29, 1.82) is 5.26 Å². The smallest absolute Gasteiger partial charge is 0.416 e. The highest BCUT2D eigenvalue weighted by molar-refractivity contribution is 5.91. The van der Waals surface area contributed by atoms with E-state index >= 15 is 0 Å². The number of pyridine rings is 1. The van der Waals surface area contributed by atoms with Crippen molar-refractivity contribution in [3.63, 3.8) is 0 Å². The molecule has 3 aromatic rings. The van der Waals surface area contributed by atoms with Gasteiger partial charge in [-0.05, 0) is 54.8 Å². The molecule has 1 N–H and O–H groups in total. The van der Waals surface area contributed by atoms with Crippen LogP contribution < -0.4 is 10.1 Å². The minimum absolute atomic E-state index is 0.100. The lowest BCUT2D eigenvalue weighted by atomic mass is 10.1. The Hall–Kier alpha value is -3.86. The van der Waals surface area contributed by atoms with Crippen LogP contribution in [0.5, 0.6) is 11.5 Å². The molecule has 0 radical (unpaired) electrons. The molecule has 5 nitrogen and oxygen atoms in total. The Morgan fingerprint density at radius 2 is 1.84 bits per heavy atom. The van der Waals surface area contributed by atoms with Gasteiger partial charge in [-0.2, -0.15) is 18.4 Å². The normalized spacial score (nSPS) is 10.9. The number of nitrogens with one attached hydrogen (secondary N) is 1. The van der Waals surface area contributed by atoms with Gasteiger partial charge in [-0.3, -0.25) is 4.79 Å². The van der Waals surface area contributed by atoms with Gasteiger partial charge in [-0.25, -0.2) is 4.98 Å². The van der Waals surface area contributed by atoms with Crippen LogP contribution in [0, 0.1) is 18.3 Å². The molecule has 0 fully saturated rings. The summed E-state index contributed by atoms with van der Waals surface area (Å²) >= 11 is 0. The Bertz CT molecular complexity index is 1120. The number of nitriles is 1. The fraction of sp³-hybridized carbons (Fsp3) is 0.174. The van der Waals surface area contributed by atoms with E-state index in [1.165, 1.54) is 31.3 Å². The summed E-state index contributed by atoms with van der Waals surface area (Å²) in [5, 5.41) is 11.4. The molecule has 3 rings (SSSR count). The van der Waals surface area contributed by atoms with Crippen LogP contribution in [0.1, 0.15) is 28.8 Å². The highest BCUT2D eigenvalue weighted by Gasteiger charge is 2.32. The number of carbonyl (C=O) groups is 1. The molecule has 1 aromatic heterocycles. The minimum atomic E-state index is -4.47. The lowest BCUT2D eigenvalue weighted by Gasteiger charge is -2.13. The summed E-state index contributed by atoms with van der Waals surface area (Å²) in [6.45, 7) is 1.37. The molecule has 0 saturated heterocycles. The van der Waals surface area contributed by atoms with Gasteiger partial charge in [-0.1, -0.05) is 18.2 Å². The number of hydrogen-bond acceptors (Lipinski definition) is 4. The zero-order valence-corrected chi connectivity index (χ0v) is 16.5. The molecule has 31 heavy (non-hydrogen) atoms. The number of hydrogen-bond donors (Lipinski definition) is 1. The van der Waals surface area contributed by atoms with Crippen LogP contribution in [0.4, 0.5) is 18.9 Å². The Kier molecular flexibility index (Phi) is 6.55. The summed E-state index contributed by atoms with van der Waals surface area (Å²) in [5.74, 6) is 0.663. The molecular formula is C23H18F3N3O2. The molecule has 0 aliphatic rings. The highest BCUT2D eigenvalue weighted by atomic mass is 19.4. The maximum atomic E-state index is 13.0. The topological polar surface area (TPSA) is 75.0 Å². The number of nitrogens with zero attached hydrogens (tertiary/aromatic N) is 2. The first-order chi connectivity index (χ1) is 14.7. The van der Waals surface area contributed by atoms with Gasteiger partial charge in [0.05, 0.1) is 5.56 Å². The lowest BCUT2D eigenvalue weighted by molar-refractivity contribution is -0.138. The lowest BCUT2D eigenvalue weighted by Crippen LogP contribution is -2.14. The SMILES string of the molecule is Cc1ccc(NC(=O)CCc2ccc(Oc3ccnc(C#N)c3)cc2)cc1C(F)(F)F. The molecule has 0 aliphatic carbocycles. The van der Waals surface area contributed by atoms with Crippen LogP contribution in [0.15, 0.2) is 60.8 Å². The monoisotopic (exact) mass is 425 g/mol. The van der Waals surface area contributed by atoms with Crippen molar-refractivity contribution in [1.82, 2.24) is 4.98 Å². The van der Waals surface area contributed by atoms with Gasteiger partial charge in [0.25, 0.3) is 0 Å². The summed E-state index contributed by atoms with van der Waals surface area (Å²) in [7, 11) is 0. The predicted molar refractivity (Wildman–Crippen MR) is 109 cm³/mol.